The van der Waals surface area contributed by atoms with Crippen LogP contribution in [0.15, 0.2) is 72.2 Å². The maximum atomic E-state index is 13.2. The van der Waals surface area contributed by atoms with Gasteiger partial charge in [0.15, 0.2) is 11.5 Å². The summed E-state index contributed by atoms with van der Waals surface area (Å²) in [7, 11) is 0. The molecule has 5 rings (SSSR count). The summed E-state index contributed by atoms with van der Waals surface area (Å²) in [5.74, 6) is -3.38. The monoisotopic (exact) mass is 434 g/mol. The molecule has 3 N–H and O–H groups in total. The highest BCUT2D eigenvalue weighted by Crippen LogP contribution is 2.48. The number of phenolic OH excluding ortho intramolecular Hbond substituents is 2. The van der Waals surface area contributed by atoms with Crippen molar-refractivity contribution in [3.05, 3.63) is 83.3 Å². The predicted octanol–water partition coefficient (Wildman–Crippen LogP) is 2.41. The van der Waals surface area contributed by atoms with Gasteiger partial charge in [-0.25, -0.2) is 0 Å². The Balaban J connectivity index is 1.75. The quantitative estimate of drug-likeness (QED) is 0.374. The summed E-state index contributed by atoms with van der Waals surface area (Å²) in [4.78, 5) is 26.4. The van der Waals surface area contributed by atoms with Crippen molar-refractivity contribution < 1.29 is 39.1 Å². The zero-order valence-corrected chi connectivity index (χ0v) is 16.8. The molecular weight excluding hydrogens is 416 g/mol. The fraction of sp³-hybridized carbons (Fsp3) is 0.167. The summed E-state index contributed by atoms with van der Waals surface area (Å²) in [5.41, 5.74) is 0.652. The molecule has 2 heterocycles. The molecule has 0 saturated carbocycles. The van der Waals surface area contributed by atoms with E-state index in [9.17, 15) is 24.9 Å². The number of Topliss-reactive ketones (excluding diaryl/α,β-unsaturated/α-hetero) is 2. The van der Waals surface area contributed by atoms with Crippen LogP contribution in [0.3, 0.4) is 0 Å². The van der Waals surface area contributed by atoms with Crippen LogP contribution in [0, 0.1) is 0 Å². The minimum absolute atomic E-state index is 0.00379. The minimum Gasteiger partial charge on any atom is -0.508 e. The SMILES string of the molecule is CC1OC2(C=CC1O)OC1=C(c3ccc(O)cc3)C(=O)C(=O)C(c3ccc(O)cc3)=C1O2. The Morgan fingerprint density at radius 1 is 0.781 bits per heavy atom. The number of fused-ring (bicyclic) bond motifs is 1. The van der Waals surface area contributed by atoms with Crippen LogP contribution in [-0.4, -0.2) is 45.1 Å². The van der Waals surface area contributed by atoms with E-state index in [2.05, 4.69) is 0 Å². The molecule has 2 atom stereocenters. The molecule has 8 nitrogen and oxygen atoms in total. The topological polar surface area (TPSA) is 123 Å². The van der Waals surface area contributed by atoms with E-state index < -0.39 is 29.7 Å². The maximum absolute atomic E-state index is 13.2. The number of rotatable bonds is 2. The third kappa shape index (κ3) is 3.08. The second-order valence-corrected chi connectivity index (χ2v) is 7.64. The van der Waals surface area contributed by atoms with Crippen molar-refractivity contribution in [2.75, 3.05) is 0 Å². The van der Waals surface area contributed by atoms with E-state index in [4.69, 9.17) is 14.2 Å². The van der Waals surface area contributed by atoms with Crippen LogP contribution in [0.5, 0.6) is 11.5 Å². The van der Waals surface area contributed by atoms with Crippen molar-refractivity contribution in [1.82, 2.24) is 0 Å². The van der Waals surface area contributed by atoms with Crippen LogP contribution in [-0.2, 0) is 23.8 Å². The van der Waals surface area contributed by atoms with E-state index in [1.165, 1.54) is 60.7 Å². The van der Waals surface area contributed by atoms with Crippen LogP contribution < -0.4 is 0 Å². The van der Waals surface area contributed by atoms with Crippen molar-refractivity contribution in [1.29, 1.82) is 0 Å². The number of allylic oxidation sites excluding steroid dienone is 2. The van der Waals surface area contributed by atoms with Crippen LogP contribution in [0.25, 0.3) is 11.1 Å². The molecule has 3 aliphatic rings. The molecule has 2 aliphatic heterocycles. The van der Waals surface area contributed by atoms with Crippen molar-refractivity contribution in [2.45, 2.75) is 25.1 Å². The van der Waals surface area contributed by atoms with Crippen LogP contribution in [0.2, 0.25) is 0 Å². The Kier molecular flexibility index (Phi) is 4.44. The maximum Gasteiger partial charge on any atom is 0.394 e. The average molecular weight is 434 g/mol. The number of hydrogen-bond acceptors (Lipinski definition) is 8. The first-order valence-corrected chi connectivity index (χ1v) is 9.88. The van der Waals surface area contributed by atoms with Crippen molar-refractivity contribution >= 4 is 22.7 Å². The molecule has 1 fully saturated rings. The number of ether oxygens (including phenoxy) is 3. The molecule has 0 radical (unpaired) electrons. The standard InChI is InChI=1S/C24H18O8/c1-12-17(27)10-11-24(30-12)31-22-18(13-2-6-15(25)7-3-13)20(28)21(29)19(23(22)32-24)14-4-8-16(26)9-5-14/h2-12,17,25-27H,1H3. The second kappa shape index (κ2) is 7.08. The molecule has 1 spiro atoms. The molecular formula is C24H18O8. The number of aliphatic hydroxyl groups excluding tert-OH is 1. The van der Waals surface area contributed by atoms with Gasteiger partial charge >= 0.3 is 5.97 Å². The van der Waals surface area contributed by atoms with Gasteiger partial charge in [0, 0.05) is 6.08 Å². The van der Waals surface area contributed by atoms with E-state index >= 15 is 0 Å². The fourth-order valence-corrected chi connectivity index (χ4v) is 3.80. The van der Waals surface area contributed by atoms with Crippen LogP contribution >= 0.6 is 0 Å². The smallest absolute Gasteiger partial charge is 0.394 e. The molecule has 1 saturated heterocycles. The lowest BCUT2D eigenvalue weighted by molar-refractivity contribution is -0.314. The van der Waals surface area contributed by atoms with Crippen LogP contribution in [0.1, 0.15) is 18.1 Å². The Bertz CT molecular complexity index is 1140. The molecule has 0 bridgehead atoms. The molecule has 0 amide bonds. The average Bonchev–Trinajstić information content (AvgIpc) is 3.12. The number of ketones is 2. The summed E-state index contributed by atoms with van der Waals surface area (Å²) >= 11 is 0. The molecule has 1 aliphatic carbocycles. The number of aromatic hydroxyl groups is 2. The molecule has 32 heavy (non-hydrogen) atoms. The molecule has 2 aromatic rings. The van der Waals surface area contributed by atoms with E-state index in [0.29, 0.717) is 11.1 Å². The highest BCUT2D eigenvalue weighted by molar-refractivity contribution is 6.66. The molecule has 0 aromatic heterocycles. The van der Waals surface area contributed by atoms with Gasteiger partial charge in [-0.2, -0.15) is 0 Å². The van der Waals surface area contributed by atoms with Gasteiger partial charge in [-0.1, -0.05) is 24.3 Å². The molecule has 8 heteroatoms. The third-order valence-corrected chi connectivity index (χ3v) is 5.45. The third-order valence-electron chi connectivity index (χ3n) is 5.45. The molecule has 162 valence electrons. The van der Waals surface area contributed by atoms with E-state index in [1.54, 1.807) is 6.92 Å². The van der Waals surface area contributed by atoms with Gasteiger partial charge in [0.1, 0.15) is 11.5 Å². The summed E-state index contributed by atoms with van der Waals surface area (Å²) in [6.07, 6.45) is 1.28. The van der Waals surface area contributed by atoms with Gasteiger partial charge in [0.05, 0.1) is 23.4 Å². The fourth-order valence-electron chi connectivity index (χ4n) is 3.80. The number of hydrogen-bond donors (Lipinski definition) is 3. The van der Waals surface area contributed by atoms with Gasteiger partial charge < -0.3 is 24.8 Å². The van der Waals surface area contributed by atoms with Crippen molar-refractivity contribution in [3.8, 4) is 11.5 Å². The predicted molar refractivity (Wildman–Crippen MR) is 111 cm³/mol. The van der Waals surface area contributed by atoms with E-state index in [-0.39, 0.29) is 34.2 Å². The zero-order chi connectivity index (χ0) is 22.6. The van der Waals surface area contributed by atoms with Crippen LogP contribution in [0.4, 0.5) is 0 Å². The second-order valence-electron chi connectivity index (χ2n) is 7.64. The van der Waals surface area contributed by atoms with Crippen molar-refractivity contribution in [2.24, 2.45) is 0 Å². The summed E-state index contributed by atoms with van der Waals surface area (Å²) in [6, 6.07) is 11.5. The first kappa shape index (κ1) is 20.0. The highest BCUT2D eigenvalue weighted by Gasteiger charge is 2.53. The Labute approximate surface area is 182 Å². The molecule has 2 aromatic carbocycles. The van der Waals surface area contributed by atoms with Gasteiger partial charge in [-0.15, -0.1) is 0 Å². The largest absolute Gasteiger partial charge is 0.508 e. The normalized spacial score (nSPS) is 23.9. The summed E-state index contributed by atoms with van der Waals surface area (Å²) in [5, 5.41) is 29.2. The number of carbonyl (C=O) groups is 2. The van der Waals surface area contributed by atoms with Gasteiger partial charge in [0.2, 0.25) is 11.6 Å². The van der Waals surface area contributed by atoms with Gasteiger partial charge in [-0.05, 0) is 48.4 Å². The minimum atomic E-state index is -1.77. The first-order chi connectivity index (χ1) is 15.3. The van der Waals surface area contributed by atoms with Crippen molar-refractivity contribution in [3.63, 3.8) is 0 Å². The summed E-state index contributed by atoms with van der Waals surface area (Å²) < 4.78 is 17.8. The zero-order valence-electron chi connectivity index (χ0n) is 16.8. The lowest BCUT2D eigenvalue weighted by atomic mass is 9.85. The number of benzene rings is 2. The number of phenols is 2. The first-order valence-electron chi connectivity index (χ1n) is 9.88. The molecule has 2 unspecified atom stereocenters. The Morgan fingerprint density at radius 2 is 1.22 bits per heavy atom. The number of aliphatic hydroxyl groups is 1. The lowest BCUT2D eigenvalue weighted by Gasteiger charge is -2.32. The van der Waals surface area contributed by atoms with Gasteiger partial charge in [-0.3, -0.25) is 14.3 Å². The Hall–Kier alpha value is -3.88. The van der Waals surface area contributed by atoms with E-state index in [0.717, 1.165) is 0 Å². The highest BCUT2D eigenvalue weighted by atomic mass is 16.9. The number of carbonyl (C=O) groups excluding carboxylic acids is 2. The Morgan fingerprint density at radius 3 is 1.62 bits per heavy atom. The summed E-state index contributed by atoms with van der Waals surface area (Å²) in [6.45, 7) is 1.63. The lowest BCUT2D eigenvalue weighted by Crippen LogP contribution is -2.42. The van der Waals surface area contributed by atoms with Gasteiger partial charge in [0.25, 0.3) is 0 Å². The van der Waals surface area contributed by atoms with E-state index in [1.807, 2.05) is 0 Å².